The van der Waals surface area contributed by atoms with Crippen LogP contribution in [0.1, 0.15) is 32.6 Å². The van der Waals surface area contributed by atoms with Crippen LogP contribution < -0.4 is 0 Å². The molecule has 0 radical (unpaired) electrons. The molecule has 0 aromatic heterocycles. The van der Waals surface area contributed by atoms with Crippen molar-refractivity contribution < 1.29 is 0 Å². The van der Waals surface area contributed by atoms with Gasteiger partial charge >= 0.3 is 0 Å². The van der Waals surface area contributed by atoms with E-state index < -0.39 is 0 Å². The summed E-state index contributed by atoms with van der Waals surface area (Å²) in [5.74, 6) is 1.01. The molecule has 0 saturated heterocycles. The molecule has 2 atom stereocenters. The van der Waals surface area contributed by atoms with Gasteiger partial charge in [0.25, 0.3) is 0 Å². The Morgan fingerprint density at radius 3 is 2.56 bits per heavy atom. The van der Waals surface area contributed by atoms with Crippen LogP contribution in [0.4, 0.5) is 0 Å². The summed E-state index contributed by atoms with van der Waals surface area (Å²) in [5.41, 5.74) is 2.27. The number of hydrogen-bond acceptors (Lipinski definition) is 0. The second kappa shape index (κ2) is 1.42. The predicted molar refractivity (Wildman–Crippen MR) is 39.2 cm³/mol. The van der Waals surface area contributed by atoms with Crippen molar-refractivity contribution in [3.8, 4) is 0 Å². The molecule has 0 N–H and O–H groups in total. The van der Waals surface area contributed by atoms with Gasteiger partial charge < -0.3 is 0 Å². The van der Waals surface area contributed by atoms with Gasteiger partial charge in [-0.3, -0.25) is 0 Å². The van der Waals surface area contributed by atoms with Crippen LogP contribution in [0.5, 0.6) is 0 Å². The Bertz CT molecular complexity index is 157. The lowest BCUT2D eigenvalue weighted by molar-refractivity contribution is 0.494. The lowest BCUT2D eigenvalue weighted by Crippen LogP contribution is -1.92. The third kappa shape index (κ3) is 0.654. The molecular weight excluding hydrogens is 108 g/mol. The minimum absolute atomic E-state index is 0.775. The van der Waals surface area contributed by atoms with Gasteiger partial charge in [-0.25, -0.2) is 0 Å². The molecule has 2 unspecified atom stereocenters. The quantitative estimate of drug-likeness (QED) is 0.433. The van der Waals surface area contributed by atoms with Crippen molar-refractivity contribution in [3.05, 3.63) is 12.2 Å². The van der Waals surface area contributed by atoms with Gasteiger partial charge in [-0.15, -0.1) is 0 Å². The topological polar surface area (TPSA) is 0 Å². The number of hydrogen-bond donors (Lipinski definition) is 0. The van der Waals surface area contributed by atoms with Gasteiger partial charge in [0.05, 0.1) is 0 Å². The van der Waals surface area contributed by atoms with Crippen molar-refractivity contribution in [2.45, 2.75) is 32.6 Å². The van der Waals surface area contributed by atoms with Crippen LogP contribution in [0.25, 0.3) is 0 Å². The maximum Gasteiger partial charge on any atom is -0.0229 e. The maximum absolute atomic E-state index is 4.02. The summed E-state index contributed by atoms with van der Waals surface area (Å²) in [6.45, 7) is 6.40. The first-order valence-electron chi connectivity index (χ1n) is 3.90. The molecule has 1 spiro atoms. The molecule has 0 aromatic rings. The zero-order valence-corrected chi connectivity index (χ0v) is 6.11. The normalized spacial score (nSPS) is 48.6. The lowest BCUT2D eigenvalue weighted by atomic mass is 10.0. The van der Waals surface area contributed by atoms with E-state index in [1.54, 1.807) is 0 Å². The van der Waals surface area contributed by atoms with Crippen molar-refractivity contribution >= 4 is 0 Å². The second-order valence-electron chi connectivity index (χ2n) is 3.89. The fourth-order valence-corrected chi connectivity index (χ4v) is 2.25. The van der Waals surface area contributed by atoms with Gasteiger partial charge in [-0.1, -0.05) is 19.1 Å². The monoisotopic (exact) mass is 122 g/mol. The standard InChI is InChI=1S/C9H14/c1-7-3-4-9(5-7)6-8(9)2/h8H,1,3-6H2,2H3. The van der Waals surface area contributed by atoms with Crippen LogP contribution in [0.3, 0.4) is 0 Å². The van der Waals surface area contributed by atoms with Crippen LogP contribution in [-0.4, -0.2) is 0 Å². The molecule has 0 bridgehead atoms. The Kier molecular flexibility index (Phi) is 0.870. The van der Waals surface area contributed by atoms with E-state index in [9.17, 15) is 0 Å². The smallest absolute Gasteiger partial charge is 0.0229 e. The van der Waals surface area contributed by atoms with Gasteiger partial charge in [0, 0.05) is 0 Å². The molecule has 0 heterocycles. The first-order valence-corrected chi connectivity index (χ1v) is 3.90. The highest BCUT2D eigenvalue weighted by Gasteiger charge is 2.52. The van der Waals surface area contributed by atoms with Crippen molar-refractivity contribution in [1.29, 1.82) is 0 Å². The third-order valence-corrected chi connectivity index (χ3v) is 3.18. The molecular formula is C9H14. The average Bonchev–Trinajstić information content (AvgIpc) is 2.17. The predicted octanol–water partition coefficient (Wildman–Crippen LogP) is 2.75. The summed E-state index contributed by atoms with van der Waals surface area (Å²) in [6.07, 6.45) is 5.57. The van der Waals surface area contributed by atoms with Crippen LogP contribution in [-0.2, 0) is 0 Å². The van der Waals surface area contributed by atoms with E-state index in [-0.39, 0.29) is 0 Å². The molecule has 2 aliphatic rings. The van der Waals surface area contributed by atoms with E-state index in [2.05, 4.69) is 13.5 Å². The van der Waals surface area contributed by atoms with Gasteiger partial charge in [-0.05, 0) is 37.0 Å². The first kappa shape index (κ1) is 5.52. The Labute approximate surface area is 57.0 Å². The van der Waals surface area contributed by atoms with Crippen LogP contribution in [0.2, 0.25) is 0 Å². The molecule has 2 fully saturated rings. The Morgan fingerprint density at radius 1 is 1.67 bits per heavy atom. The van der Waals surface area contributed by atoms with E-state index >= 15 is 0 Å². The third-order valence-electron chi connectivity index (χ3n) is 3.18. The van der Waals surface area contributed by atoms with E-state index in [4.69, 9.17) is 0 Å². The van der Waals surface area contributed by atoms with Gasteiger partial charge in [0.1, 0.15) is 0 Å². The molecule has 0 aromatic carbocycles. The minimum Gasteiger partial charge on any atom is -0.0998 e. The summed E-state index contributed by atoms with van der Waals surface area (Å²) in [4.78, 5) is 0. The van der Waals surface area contributed by atoms with Crippen LogP contribution in [0.15, 0.2) is 12.2 Å². The molecule has 0 amide bonds. The molecule has 2 rings (SSSR count). The van der Waals surface area contributed by atoms with Crippen LogP contribution >= 0.6 is 0 Å². The van der Waals surface area contributed by atoms with Crippen molar-refractivity contribution in [1.82, 2.24) is 0 Å². The van der Waals surface area contributed by atoms with Crippen LogP contribution in [0, 0.1) is 11.3 Å². The molecule has 0 heteroatoms. The summed E-state index contributed by atoms with van der Waals surface area (Å²) in [7, 11) is 0. The van der Waals surface area contributed by atoms with Crippen molar-refractivity contribution in [3.63, 3.8) is 0 Å². The highest BCUT2D eigenvalue weighted by molar-refractivity contribution is 5.16. The molecule has 2 aliphatic carbocycles. The number of rotatable bonds is 0. The molecule has 0 aliphatic heterocycles. The van der Waals surface area contributed by atoms with E-state index in [1.165, 1.54) is 31.3 Å². The lowest BCUT2D eigenvalue weighted by Gasteiger charge is -2.02. The molecule has 0 nitrogen and oxygen atoms in total. The average molecular weight is 122 g/mol. The van der Waals surface area contributed by atoms with Crippen molar-refractivity contribution in [2.75, 3.05) is 0 Å². The zero-order valence-electron chi connectivity index (χ0n) is 6.11. The Balaban J connectivity index is 2.11. The molecule has 50 valence electrons. The summed E-state index contributed by atoms with van der Waals surface area (Å²) >= 11 is 0. The van der Waals surface area contributed by atoms with Gasteiger partial charge in [-0.2, -0.15) is 0 Å². The zero-order chi connectivity index (χ0) is 6.48. The summed E-state index contributed by atoms with van der Waals surface area (Å²) in [5, 5.41) is 0. The SMILES string of the molecule is C=C1CCC2(C1)CC2C. The first-order chi connectivity index (χ1) is 4.23. The fourth-order valence-electron chi connectivity index (χ4n) is 2.25. The Hall–Kier alpha value is -0.260. The second-order valence-corrected chi connectivity index (χ2v) is 3.89. The number of allylic oxidation sites excluding steroid dienone is 1. The molecule has 9 heavy (non-hydrogen) atoms. The van der Waals surface area contributed by atoms with E-state index in [0.29, 0.717) is 0 Å². The maximum atomic E-state index is 4.02. The summed E-state index contributed by atoms with van der Waals surface area (Å²) in [6, 6.07) is 0. The fraction of sp³-hybridized carbons (Fsp3) is 0.778. The largest absolute Gasteiger partial charge is 0.0998 e. The Morgan fingerprint density at radius 2 is 2.33 bits per heavy atom. The van der Waals surface area contributed by atoms with Gasteiger partial charge in [0.2, 0.25) is 0 Å². The summed E-state index contributed by atoms with van der Waals surface area (Å²) < 4.78 is 0. The highest BCUT2D eigenvalue weighted by Crippen LogP contribution is 2.63. The van der Waals surface area contributed by atoms with Gasteiger partial charge in [0.15, 0.2) is 0 Å². The van der Waals surface area contributed by atoms with E-state index in [1.807, 2.05) is 0 Å². The highest BCUT2D eigenvalue weighted by atomic mass is 14.6. The van der Waals surface area contributed by atoms with Crippen molar-refractivity contribution in [2.24, 2.45) is 11.3 Å². The van der Waals surface area contributed by atoms with E-state index in [0.717, 1.165) is 11.3 Å². The molecule has 2 saturated carbocycles. The minimum atomic E-state index is 0.775.